The average molecular weight is 247 g/mol. The number of carbonyl (C=O) groups excluding carboxylic acids is 1. The van der Waals surface area contributed by atoms with Crippen LogP contribution >= 0.6 is 11.3 Å². The Kier molecular flexibility index (Phi) is 3.44. The molecule has 0 saturated carbocycles. The highest BCUT2D eigenvalue weighted by atomic mass is 32.1. The molecule has 0 N–H and O–H groups in total. The van der Waals surface area contributed by atoms with Crippen LogP contribution < -0.4 is 0 Å². The van der Waals surface area contributed by atoms with Crippen molar-refractivity contribution in [3.05, 3.63) is 57.8 Å². The number of thiazole rings is 1. The van der Waals surface area contributed by atoms with Gasteiger partial charge in [0.2, 0.25) is 0 Å². The maximum absolute atomic E-state index is 12.7. The Morgan fingerprint density at radius 2 is 2.06 bits per heavy atom. The molecule has 0 fully saturated rings. The van der Waals surface area contributed by atoms with Crippen LogP contribution in [0.3, 0.4) is 0 Å². The second-order valence-electron chi connectivity index (χ2n) is 3.51. The Morgan fingerprint density at radius 3 is 2.65 bits per heavy atom. The van der Waals surface area contributed by atoms with Gasteiger partial charge < -0.3 is 0 Å². The number of aromatic nitrogens is 1. The molecule has 17 heavy (non-hydrogen) atoms. The molecule has 0 spiro atoms. The normalized spacial score (nSPS) is 10.9. The largest absolute Gasteiger partial charge is 0.289 e. The third kappa shape index (κ3) is 2.85. The third-order valence-corrected chi connectivity index (χ3v) is 3.19. The number of nitrogens with zero attached hydrogens (tertiary/aromatic N) is 1. The minimum absolute atomic E-state index is 0.141. The zero-order chi connectivity index (χ0) is 12.3. The van der Waals surface area contributed by atoms with Crippen LogP contribution in [0.1, 0.15) is 20.9 Å². The minimum Gasteiger partial charge on any atom is -0.289 e. The van der Waals surface area contributed by atoms with E-state index in [1.165, 1.54) is 41.7 Å². The van der Waals surface area contributed by atoms with E-state index in [0.717, 1.165) is 10.6 Å². The second kappa shape index (κ2) is 5.01. The lowest BCUT2D eigenvalue weighted by molar-refractivity contribution is 0.104. The van der Waals surface area contributed by atoms with Crippen LogP contribution in [0.4, 0.5) is 4.39 Å². The van der Waals surface area contributed by atoms with Gasteiger partial charge in [-0.05, 0) is 43.3 Å². The van der Waals surface area contributed by atoms with E-state index in [-0.39, 0.29) is 11.6 Å². The maximum atomic E-state index is 12.7. The smallest absolute Gasteiger partial charge is 0.185 e. The number of allylic oxidation sites excluding steroid dienone is 1. The van der Waals surface area contributed by atoms with Crippen molar-refractivity contribution in [2.45, 2.75) is 6.92 Å². The van der Waals surface area contributed by atoms with Crippen LogP contribution in [0.5, 0.6) is 0 Å². The summed E-state index contributed by atoms with van der Waals surface area (Å²) >= 11 is 1.48. The topological polar surface area (TPSA) is 30.0 Å². The molecule has 0 aliphatic carbocycles. The van der Waals surface area contributed by atoms with Gasteiger partial charge in [0.25, 0.3) is 0 Å². The summed E-state index contributed by atoms with van der Waals surface area (Å²) in [6.07, 6.45) is 3.21. The highest BCUT2D eigenvalue weighted by molar-refractivity contribution is 7.10. The fourth-order valence-electron chi connectivity index (χ4n) is 1.33. The molecule has 1 aromatic heterocycles. The lowest BCUT2D eigenvalue weighted by Crippen LogP contribution is -1.93. The van der Waals surface area contributed by atoms with Gasteiger partial charge in [0.05, 0.1) is 11.2 Å². The van der Waals surface area contributed by atoms with Crippen molar-refractivity contribution in [1.82, 2.24) is 4.98 Å². The summed E-state index contributed by atoms with van der Waals surface area (Å²) in [5.41, 5.74) is 3.11. The molecular weight excluding hydrogens is 237 g/mol. The molecule has 0 atom stereocenters. The van der Waals surface area contributed by atoms with Gasteiger partial charge in [0, 0.05) is 10.4 Å². The molecule has 0 aliphatic heterocycles. The molecule has 2 rings (SSSR count). The number of ketones is 1. The first-order valence-electron chi connectivity index (χ1n) is 5.05. The number of hydrogen-bond acceptors (Lipinski definition) is 3. The summed E-state index contributed by atoms with van der Waals surface area (Å²) < 4.78 is 12.7. The van der Waals surface area contributed by atoms with Gasteiger partial charge in [-0.2, -0.15) is 0 Å². The van der Waals surface area contributed by atoms with Crippen LogP contribution in [0.2, 0.25) is 0 Å². The zero-order valence-corrected chi connectivity index (χ0v) is 10.00. The second-order valence-corrected chi connectivity index (χ2v) is 4.39. The van der Waals surface area contributed by atoms with Crippen molar-refractivity contribution in [2.75, 3.05) is 0 Å². The first-order chi connectivity index (χ1) is 8.16. The van der Waals surface area contributed by atoms with E-state index in [4.69, 9.17) is 0 Å². The molecule has 86 valence electrons. The zero-order valence-electron chi connectivity index (χ0n) is 9.18. The lowest BCUT2D eigenvalue weighted by atomic mass is 10.1. The molecule has 0 aliphatic rings. The van der Waals surface area contributed by atoms with E-state index in [1.807, 2.05) is 6.92 Å². The van der Waals surface area contributed by atoms with Crippen molar-refractivity contribution in [3.63, 3.8) is 0 Å². The van der Waals surface area contributed by atoms with Gasteiger partial charge in [0.15, 0.2) is 5.78 Å². The van der Waals surface area contributed by atoms with Crippen molar-refractivity contribution >= 4 is 23.2 Å². The van der Waals surface area contributed by atoms with E-state index >= 15 is 0 Å². The SMILES string of the molecule is Cc1ncsc1C=CC(=O)c1ccc(F)cc1. The van der Waals surface area contributed by atoms with Crippen LogP contribution in [0.25, 0.3) is 6.08 Å². The van der Waals surface area contributed by atoms with Crippen LogP contribution in [-0.4, -0.2) is 10.8 Å². The summed E-state index contributed by atoms with van der Waals surface area (Å²) in [5.74, 6) is -0.485. The first kappa shape index (κ1) is 11.7. The van der Waals surface area contributed by atoms with Gasteiger partial charge in [-0.25, -0.2) is 9.37 Å². The Balaban J connectivity index is 2.14. The third-order valence-electron chi connectivity index (χ3n) is 2.30. The molecule has 1 aromatic carbocycles. The predicted octanol–water partition coefficient (Wildman–Crippen LogP) is 3.49. The molecule has 0 radical (unpaired) electrons. The summed E-state index contributed by atoms with van der Waals surface area (Å²) in [5, 5.41) is 0. The van der Waals surface area contributed by atoms with Crippen LogP contribution in [0.15, 0.2) is 35.9 Å². The predicted molar refractivity (Wildman–Crippen MR) is 66.6 cm³/mol. The summed E-state index contributed by atoms with van der Waals surface area (Å²) in [4.78, 5) is 16.8. The standard InChI is InChI=1S/C13H10FNOS/c1-9-13(17-8-15-9)7-6-12(16)10-2-4-11(14)5-3-10/h2-8H,1H3. The molecule has 2 aromatic rings. The molecule has 4 heteroatoms. The van der Waals surface area contributed by atoms with E-state index in [9.17, 15) is 9.18 Å². The van der Waals surface area contributed by atoms with E-state index in [2.05, 4.69) is 4.98 Å². The Bertz CT molecular complexity index is 557. The van der Waals surface area contributed by atoms with E-state index < -0.39 is 0 Å². The van der Waals surface area contributed by atoms with Crippen molar-refractivity contribution < 1.29 is 9.18 Å². The fourth-order valence-corrected chi connectivity index (χ4v) is 2.03. The number of aryl methyl sites for hydroxylation is 1. The van der Waals surface area contributed by atoms with E-state index in [0.29, 0.717) is 5.56 Å². The molecule has 0 bridgehead atoms. The van der Waals surface area contributed by atoms with Gasteiger partial charge in [-0.15, -0.1) is 11.3 Å². The van der Waals surface area contributed by atoms with Gasteiger partial charge >= 0.3 is 0 Å². The lowest BCUT2D eigenvalue weighted by Gasteiger charge is -1.94. The highest BCUT2D eigenvalue weighted by Crippen LogP contribution is 2.14. The first-order valence-corrected chi connectivity index (χ1v) is 5.93. The molecule has 2 nitrogen and oxygen atoms in total. The van der Waals surface area contributed by atoms with Gasteiger partial charge in [-0.1, -0.05) is 0 Å². The van der Waals surface area contributed by atoms with E-state index in [1.54, 1.807) is 11.6 Å². The number of benzene rings is 1. The molecule has 1 heterocycles. The molecular formula is C13H10FNOS. The van der Waals surface area contributed by atoms with Crippen LogP contribution in [-0.2, 0) is 0 Å². The summed E-state index contributed by atoms with van der Waals surface area (Å²) in [6.45, 7) is 1.89. The van der Waals surface area contributed by atoms with Crippen molar-refractivity contribution in [1.29, 1.82) is 0 Å². The molecule has 0 unspecified atom stereocenters. The Labute approximate surface area is 102 Å². The minimum atomic E-state index is -0.344. The van der Waals surface area contributed by atoms with Gasteiger partial charge in [0.1, 0.15) is 5.82 Å². The average Bonchev–Trinajstić information content (AvgIpc) is 2.73. The quantitative estimate of drug-likeness (QED) is 0.614. The van der Waals surface area contributed by atoms with Crippen molar-refractivity contribution in [2.24, 2.45) is 0 Å². The van der Waals surface area contributed by atoms with Crippen molar-refractivity contribution in [3.8, 4) is 0 Å². The monoisotopic (exact) mass is 247 g/mol. The van der Waals surface area contributed by atoms with Gasteiger partial charge in [-0.3, -0.25) is 4.79 Å². The highest BCUT2D eigenvalue weighted by Gasteiger charge is 2.02. The van der Waals surface area contributed by atoms with Crippen LogP contribution in [0, 0.1) is 12.7 Å². The number of hydrogen-bond donors (Lipinski definition) is 0. The number of halogens is 1. The number of rotatable bonds is 3. The Morgan fingerprint density at radius 1 is 1.35 bits per heavy atom. The Hall–Kier alpha value is -1.81. The molecule has 0 saturated heterocycles. The maximum Gasteiger partial charge on any atom is 0.185 e. The summed E-state index contributed by atoms with van der Waals surface area (Å²) in [7, 11) is 0. The molecule has 0 amide bonds. The number of carbonyl (C=O) groups is 1. The summed E-state index contributed by atoms with van der Waals surface area (Å²) in [6, 6.07) is 5.50. The fraction of sp³-hybridized carbons (Fsp3) is 0.0769.